The van der Waals surface area contributed by atoms with Crippen LogP contribution in [-0.4, -0.2) is 72.6 Å². The highest BCUT2D eigenvalue weighted by atomic mass is 32.2. The molecule has 0 aliphatic carbocycles. The van der Waals surface area contributed by atoms with Gasteiger partial charge in [-0.3, -0.25) is 14.4 Å². The van der Waals surface area contributed by atoms with Crippen molar-refractivity contribution in [2.45, 2.75) is 56.5 Å². The first-order chi connectivity index (χ1) is 18.5. The number of carbonyl (C=O) groups is 3. The van der Waals surface area contributed by atoms with Crippen LogP contribution >= 0.6 is 0 Å². The maximum absolute atomic E-state index is 13.4. The minimum absolute atomic E-state index is 0.0557. The minimum Gasteiger partial charge on any atom is -0.481 e. The summed E-state index contributed by atoms with van der Waals surface area (Å²) in [7, 11) is -4.41. The molecule has 2 aromatic rings. The van der Waals surface area contributed by atoms with Gasteiger partial charge in [0, 0.05) is 26.2 Å². The number of aliphatic carboxylic acids is 1. The van der Waals surface area contributed by atoms with Gasteiger partial charge in [0.15, 0.2) is 0 Å². The van der Waals surface area contributed by atoms with E-state index in [1.807, 2.05) is 24.3 Å². The molecule has 1 aliphatic rings. The van der Waals surface area contributed by atoms with Crippen LogP contribution in [0.4, 0.5) is 13.2 Å². The lowest BCUT2D eigenvalue weighted by Gasteiger charge is -2.39. The molecule has 218 valence electrons. The molecule has 0 bridgehead atoms. The van der Waals surface area contributed by atoms with E-state index in [1.54, 1.807) is 0 Å². The summed E-state index contributed by atoms with van der Waals surface area (Å²) in [5.41, 5.74) is 1.74. The Morgan fingerprint density at radius 3 is 2.12 bits per heavy atom. The Morgan fingerprint density at radius 1 is 1.00 bits per heavy atom. The average Bonchev–Trinajstić information content (AvgIpc) is 2.85. The van der Waals surface area contributed by atoms with Crippen molar-refractivity contribution in [2.75, 3.05) is 19.6 Å². The van der Waals surface area contributed by atoms with Crippen LogP contribution in [0.1, 0.15) is 38.3 Å². The van der Waals surface area contributed by atoms with Gasteiger partial charge in [0.25, 0.3) is 0 Å². The summed E-state index contributed by atoms with van der Waals surface area (Å²) in [5, 5.41) is 11.7. The number of rotatable bonds is 8. The number of carboxylic acids is 1. The lowest BCUT2D eigenvalue weighted by molar-refractivity contribution is -0.274. The third-order valence-electron chi connectivity index (χ3n) is 6.24. The molecule has 2 amide bonds. The number of amides is 2. The number of nitrogens with zero attached hydrogens (tertiary/aromatic N) is 2. The number of alkyl halides is 3. The Balaban J connectivity index is 1.83. The van der Waals surface area contributed by atoms with Gasteiger partial charge in [0.2, 0.25) is 21.8 Å². The van der Waals surface area contributed by atoms with Crippen LogP contribution in [0.25, 0.3) is 0 Å². The number of hydrogen-bond donors (Lipinski definition) is 2. The SMILES string of the molecule is CC(C)(C)c1ccc(CNC(=O)[C@H]2CN(C(=O)CC(=O)O)CCN2S(=O)(=O)c2ccc(OC(F)(F)F)cc2)cc1. The Kier molecular flexibility index (Phi) is 9.14. The number of carboxylic acid groups (broad SMARTS) is 1. The highest BCUT2D eigenvalue weighted by Crippen LogP contribution is 2.27. The first-order valence-corrected chi connectivity index (χ1v) is 13.7. The molecule has 0 saturated carbocycles. The van der Waals surface area contributed by atoms with Gasteiger partial charge < -0.3 is 20.1 Å². The van der Waals surface area contributed by atoms with E-state index in [9.17, 15) is 36.0 Å². The molecule has 2 aromatic carbocycles. The van der Waals surface area contributed by atoms with E-state index in [0.717, 1.165) is 44.6 Å². The molecule has 0 radical (unpaired) electrons. The lowest BCUT2D eigenvalue weighted by atomic mass is 9.87. The molecule has 1 fully saturated rings. The van der Waals surface area contributed by atoms with Crippen molar-refractivity contribution < 1.29 is 45.8 Å². The first-order valence-electron chi connectivity index (χ1n) is 12.2. The van der Waals surface area contributed by atoms with E-state index >= 15 is 0 Å². The number of benzene rings is 2. The fraction of sp³-hybridized carbons (Fsp3) is 0.423. The summed E-state index contributed by atoms with van der Waals surface area (Å²) in [6.07, 6.45) is -5.79. The van der Waals surface area contributed by atoms with E-state index in [2.05, 4.69) is 30.8 Å². The molecule has 40 heavy (non-hydrogen) atoms. The lowest BCUT2D eigenvalue weighted by Crippen LogP contribution is -2.61. The van der Waals surface area contributed by atoms with Crippen LogP contribution in [0.2, 0.25) is 0 Å². The first kappa shape index (κ1) is 30.9. The predicted octanol–water partition coefficient (Wildman–Crippen LogP) is 2.88. The van der Waals surface area contributed by atoms with Gasteiger partial charge in [0.05, 0.1) is 4.90 Å². The van der Waals surface area contributed by atoms with Crippen LogP contribution in [0.3, 0.4) is 0 Å². The molecule has 10 nitrogen and oxygen atoms in total. The van der Waals surface area contributed by atoms with Crippen molar-refractivity contribution in [1.82, 2.24) is 14.5 Å². The average molecular weight is 586 g/mol. The van der Waals surface area contributed by atoms with Crippen LogP contribution < -0.4 is 10.1 Å². The Morgan fingerprint density at radius 2 is 1.60 bits per heavy atom. The van der Waals surface area contributed by atoms with Gasteiger partial charge in [-0.25, -0.2) is 8.42 Å². The largest absolute Gasteiger partial charge is 0.573 e. The molecule has 1 heterocycles. The number of ether oxygens (including phenoxy) is 1. The molecular formula is C26H30F3N3O7S. The molecule has 0 unspecified atom stereocenters. The number of hydrogen-bond acceptors (Lipinski definition) is 6. The van der Waals surface area contributed by atoms with Crippen molar-refractivity contribution in [3.8, 4) is 5.75 Å². The van der Waals surface area contributed by atoms with Crippen molar-refractivity contribution in [3.63, 3.8) is 0 Å². The monoisotopic (exact) mass is 585 g/mol. The Bertz CT molecular complexity index is 1340. The Labute approximate surface area is 229 Å². The van der Waals surface area contributed by atoms with E-state index < -0.39 is 58.9 Å². The number of piperazine rings is 1. The number of halogens is 3. The van der Waals surface area contributed by atoms with Crippen molar-refractivity contribution in [1.29, 1.82) is 0 Å². The van der Waals surface area contributed by atoms with E-state index in [4.69, 9.17) is 5.11 Å². The molecule has 0 spiro atoms. The Hall–Kier alpha value is -3.65. The van der Waals surface area contributed by atoms with Gasteiger partial charge in [-0.2, -0.15) is 4.31 Å². The van der Waals surface area contributed by atoms with Gasteiger partial charge in [-0.05, 0) is 40.8 Å². The zero-order chi connectivity index (χ0) is 29.9. The zero-order valence-electron chi connectivity index (χ0n) is 22.1. The van der Waals surface area contributed by atoms with Gasteiger partial charge in [0.1, 0.15) is 18.2 Å². The van der Waals surface area contributed by atoms with E-state index in [1.165, 1.54) is 0 Å². The van der Waals surface area contributed by atoms with E-state index in [0.29, 0.717) is 0 Å². The van der Waals surface area contributed by atoms with Gasteiger partial charge >= 0.3 is 12.3 Å². The second-order valence-electron chi connectivity index (χ2n) is 10.2. The molecule has 0 aromatic heterocycles. The normalized spacial score (nSPS) is 16.9. The van der Waals surface area contributed by atoms with Crippen molar-refractivity contribution in [3.05, 3.63) is 59.7 Å². The summed E-state index contributed by atoms with van der Waals surface area (Å²) >= 11 is 0. The zero-order valence-corrected chi connectivity index (χ0v) is 22.9. The fourth-order valence-corrected chi connectivity index (χ4v) is 5.68. The highest BCUT2D eigenvalue weighted by Gasteiger charge is 2.41. The maximum Gasteiger partial charge on any atom is 0.573 e. The second kappa shape index (κ2) is 11.8. The molecular weight excluding hydrogens is 555 g/mol. The molecule has 3 rings (SSSR count). The molecule has 14 heteroatoms. The summed E-state index contributed by atoms with van der Waals surface area (Å²) in [6, 6.07) is 9.57. The molecule has 1 atom stereocenters. The van der Waals surface area contributed by atoms with Crippen LogP contribution in [-0.2, 0) is 36.4 Å². The van der Waals surface area contributed by atoms with Gasteiger partial charge in [-0.1, -0.05) is 45.0 Å². The molecule has 1 aliphatic heterocycles. The van der Waals surface area contributed by atoms with Crippen molar-refractivity contribution >= 4 is 27.8 Å². The second-order valence-corrected chi connectivity index (χ2v) is 12.1. The summed E-state index contributed by atoms with van der Waals surface area (Å²) in [5.74, 6) is -3.51. The van der Waals surface area contributed by atoms with Gasteiger partial charge in [-0.15, -0.1) is 13.2 Å². The summed E-state index contributed by atoms with van der Waals surface area (Å²) < 4.78 is 69.0. The van der Waals surface area contributed by atoms with Crippen LogP contribution in [0.15, 0.2) is 53.4 Å². The third-order valence-corrected chi connectivity index (χ3v) is 8.16. The van der Waals surface area contributed by atoms with E-state index in [-0.39, 0.29) is 29.9 Å². The standard InChI is InChI=1S/C26H30F3N3O7S/c1-25(2,3)18-6-4-17(5-7-18)15-30-24(36)21-16-31(22(33)14-23(34)35)12-13-32(21)40(37,38)20-10-8-19(9-11-20)39-26(27,28)29/h4-11,21H,12-16H2,1-3H3,(H,30,36)(H,34,35)/t21-/m1/s1. The third kappa shape index (κ3) is 7.94. The maximum atomic E-state index is 13.4. The topological polar surface area (TPSA) is 133 Å². The summed E-state index contributed by atoms with van der Waals surface area (Å²) in [4.78, 5) is 37.4. The summed E-state index contributed by atoms with van der Waals surface area (Å²) in [6.45, 7) is 5.28. The smallest absolute Gasteiger partial charge is 0.481 e. The molecule has 2 N–H and O–H groups in total. The quantitative estimate of drug-likeness (QED) is 0.455. The van der Waals surface area contributed by atoms with Crippen molar-refractivity contribution in [2.24, 2.45) is 0 Å². The molecule has 1 saturated heterocycles. The van der Waals surface area contributed by atoms with Crippen LogP contribution in [0.5, 0.6) is 5.75 Å². The predicted molar refractivity (Wildman–Crippen MR) is 137 cm³/mol. The number of carbonyl (C=O) groups excluding carboxylic acids is 2. The number of sulfonamides is 1. The number of nitrogens with one attached hydrogen (secondary N) is 1. The fourth-order valence-electron chi connectivity index (χ4n) is 4.11. The highest BCUT2D eigenvalue weighted by molar-refractivity contribution is 7.89. The van der Waals surface area contributed by atoms with Crippen LogP contribution in [0, 0.1) is 0 Å². The minimum atomic E-state index is -4.96.